The fourth-order valence-corrected chi connectivity index (χ4v) is 2.67. The van der Waals surface area contributed by atoms with Gasteiger partial charge in [-0.2, -0.15) is 13.2 Å². The third-order valence-corrected chi connectivity index (χ3v) is 4.23. The topological polar surface area (TPSA) is 33.6 Å². The normalized spacial score (nSPS) is 25.0. The number of alkyl halides is 3. The van der Waals surface area contributed by atoms with E-state index in [0.717, 1.165) is 12.8 Å². The summed E-state index contributed by atoms with van der Waals surface area (Å²) in [4.78, 5) is 4.00. The van der Waals surface area contributed by atoms with Gasteiger partial charge in [0.1, 0.15) is 0 Å². The van der Waals surface area contributed by atoms with Crippen molar-refractivity contribution in [2.75, 3.05) is 18.5 Å². The lowest BCUT2D eigenvalue weighted by molar-refractivity contribution is -0.281. The number of hydrogen-bond acceptors (Lipinski definition) is 3. The van der Waals surface area contributed by atoms with Gasteiger partial charge in [-0.3, -0.25) is 4.99 Å². The number of rotatable bonds is 3. The first-order valence-electron chi connectivity index (χ1n) is 7.10. The highest BCUT2D eigenvalue weighted by molar-refractivity contribution is 6.30. The van der Waals surface area contributed by atoms with Crippen molar-refractivity contribution < 1.29 is 17.9 Å². The van der Waals surface area contributed by atoms with Crippen molar-refractivity contribution >= 4 is 23.1 Å². The Labute approximate surface area is 131 Å². The molecule has 1 atom stereocenters. The number of nitrogens with one attached hydrogen (secondary N) is 1. The molecule has 1 unspecified atom stereocenters. The van der Waals surface area contributed by atoms with Crippen LogP contribution < -0.4 is 5.32 Å². The maximum atomic E-state index is 13.9. The van der Waals surface area contributed by atoms with Crippen LogP contribution in [-0.4, -0.2) is 25.2 Å². The predicted molar refractivity (Wildman–Crippen MR) is 79.5 cm³/mol. The summed E-state index contributed by atoms with van der Waals surface area (Å²) in [5, 5.41) is 3.13. The third kappa shape index (κ3) is 2.82. The van der Waals surface area contributed by atoms with Crippen LogP contribution in [-0.2, 0) is 10.3 Å². The molecule has 1 aromatic rings. The first-order valence-corrected chi connectivity index (χ1v) is 7.48. The minimum absolute atomic E-state index is 0.00579. The van der Waals surface area contributed by atoms with Gasteiger partial charge >= 0.3 is 6.18 Å². The zero-order chi connectivity index (χ0) is 16.0. The van der Waals surface area contributed by atoms with Gasteiger partial charge in [0.15, 0.2) is 0 Å². The van der Waals surface area contributed by atoms with E-state index in [-0.39, 0.29) is 23.1 Å². The maximum absolute atomic E-state index is 13.9. The van der Waals surface area contributed by atoms with E-state index in [0.29, 0.717) is 11.5 Å². The molecule has 0 bridgehead atoms. The van der Waals surface area contributed by atoms with Gasteiger partial charge in [-0.05, 0) is 43.9 Å². The summed E-state index contributed by atoms with van der Waals surface area (Å²) in [6.45, 7) is 1.21. The van der Waals surface area contributed by atoms with Gasteiger partial charge in [0.05, 0.1) is 19.0 Å². The number of halogens is 4. The molecule has 1 aliphatic heterocycles. The molecule has 1 saturated carbocycles. The number of benzene rings is 1. The number of aliphatic imine (C=N–C) groups is 1. The van der Waals surface area contributed by atoms with Crippen LogP contribution in [0, 0.1) is 5.92 Å². The molecule has 1 N–H and O–H groups in total. The molecule has 3 rings (SSSR count). The molecule has 0 saturated heterocycles. The Morgan fingerprint density at radius 3 is 2.77 bits per heavy atom. The maximum Gasteiger partial charge on any atom is 0.423 e. The van der Waals surface area contributed by atoms with E-state index >= 15 is 0 Å². The molecular formula is C15H16ClF3N2O. The Bertz CT molecular complexity index is 613. The Morgan fingerprint density at radius 1 is 1.41 bits per heavy atom. The molecule has 2 aliphatic rings. The molecule has 3 nitrogen and oxygen atoms in total. The van der Waals surface area contributed by atoms with Crippen LogP contribution >= 0.6 is 11.6 Å². The quantitative estimate of drug-likeness (QED) is 0.891. The number of hydrogen-bond donors (Lipinski definition) is 1. The lowest BCUT2D eigenvalue weighted by Gasteiger charge is -2.35. The summed E-state index contributed by atoms with van der Waals surface area (Å²) < 4.78 is 47.2. The molecule has 0 aromatic heterocycles. The summed E-state index contributed by atoms with van der Waals surface area (Å²) in [5.74, 6) is 0.632. The Balaban J connectivity index is 2.11. The predicted octanol–water partition coefficient (Wildman–Crippen LogP) is 4.37. The van der Waals surface area contributed by atoms with Crippen LogP contribution in [0.2, 0.25) is 5.02 Å². The molecule has 1 aliphatic carbocycles. The monoisotopic (exact) mass is 332 g/mol. The van der Waals surface area contributed by atoms with E-state index in [4.69, 9.17) is 16.3 Å². The molecule has 120 valence electrons. The molecule has 0 radical (unpaired) electrons. The zero-order valence-corrected chi connectivity index (χ0v) is 12.8. The third-order valence-electron chi connectivity index (χ3n) is 3.99. The number of amidine groups is 1. The Kier molecular flexibility index (Phi) is 3.85. The van der Waals surface area contributed by atoms with Crippen LogP contribution in [0.3, 0.4) is 0 Å². The highest BCUT2D eigenvalue weighted by Crippen LogP contribution is 2.48. The molecule has 0 spiro atoms. The van der Waals surface area contributed by atoms with Crippen molar-refractivity contribution in [2.24, 2.45) is 10.9 Å². The average molecular weight is 333 g/mol. The second-order valence-corrected chi connectivity index (χ2v) is 6.23. The highest BCUT2D eigenvalue weighted by atomic mass is 35.5. The Hall–Kier alpha value is -1.27. The molecular weight excluding hydrogens is 317 g/mol. The number of ether oxygens (including phenoxy) is 1. The van der Waals surface area contributed by atoms with Crippen molar-refractivity contribution in [3.05, 3.63) is 28.8 Å². The van der Waals surface area contributed by atoms with Gasteiger partial charge in [-0.15, -0.1) is 0 Å². The van der Waals surface area contributed by atoms with E-state index in [1.807, 2.05) is 0 Å². The van der Waals surface area contributed by atoms with Crippen LogP contribution in [0.1, 0.15) is 25.3 Å². The van der Waals surface area contributed by atoms with E-state index in [1.165, 1.54) is 12.1 Å². The summed E-state index contributed by atoms with van der Waals surface area (Å²) in [7, 11) is 0. The number of nitrogens with zero attached hydrogens (tertiary/aromatic N) is 1. The van der Waals surface area contributed by atoms with Crippen molar-refractivity contribution in [2.45, 2.75) is 31.5 Å². The summed E-state index contributed by atoms with van der Waals surface area (Å²) in [5.41, 5.74) is -2.13. The van der Waals surface area contributed by atoms with E-state index < -0.39 is 18.3 Å². The summed E-state index contributed by atoms with van der Waals surface area (Å²) in [6.07, 6.45) is -2.76. The van der Waals surface area contributed by atoms with Gasteiger partial charge in [0.25, 0.3) is 0 Å². The number of fused-ring (bicyclic) bond motifs is 1. The second-order valence-electron chi connectivity index (χ2n) is 5.80. The van der Waals surface area contributed by atoms with Gasteiger partial charge in [-0.1, -0.05) is 11.6 Å². The largest absolute Gasteiger partial charge is 0.423 e. The summed E-state index contributed by atoms with van der Waals surface area (Å²) >= 11 is 5.93. The SMILES string of the molecule is CC1=NCC(OCC2CC2)(C(F)(F)F)c2cc(Cl)ccc2N1. The average Bonchev–Trinajstić information content (AvgIpc) is 3.24. The minimum Gasteiger partial charge on any atom is -0.359 e. The minimum atomic E-state index is -4.59. The van der Waals surface area contributed by atoms with E-state index in [2.05, 4.69) is 10.3 Å². The molecule has 1 aromatic carbocycles. The summed E-state index contributed by atoms with van der Waals surface area (Å²) in [6, 6.07) is 4.40. The van der Waals surface area contributed by atoms with Gasteiger partial charge in [-0.25, -0.2) is 0 Å². The van der Waals surface area contributed by atoms with Crippen molar-refractivity contribution in [1.29, 1.82) is 0 Å². The number of anilines is 1. The molecule has 1 heterocycles. The van der Waals surface area contributed by atoms with Crippen molar-refractivity contribution in [3.63, 3.8) is 0 Å². The van der Waals surface area contributed by atoms with Crippen LogP contribution in [0.5, 0.6) is 0 Å². The highest BCUT2D eigenvalue weighted by Gasteiger charge is 2.59. The van der Waals surface area contributed by atoms with Gasteiger partial charge in [0.2, 0.25) is 5.60 Å². The molecule has 1 fully saturated rings. The molecule has 22 heavy (non-hydrogen) atoms. The van der Waals surface area contributed by atoms with E-state index in [9.17, 15) is 13.2 Å². The molecule has 7 heteroatoms. The lowest BCUT2D eigenvalue weighted by atomic mass is 9.91. The van der Waals surface area contributed by atoms with Gasteiger partial charge < -0.3 is 10.1 Å². The zero-order valence-electron chi connectivity index (χ0n) is 12.0. The fourth-order valence-electron chi connectivity index (χ4n) is 2.50. The van der Waals surface area contributed by atoms with Gasteiger partial charge in [0, 0.05) is 16.3 Å². The standard InChI is InChI=1S/C15H16ClF3N2O/c1-9-20-8-14(15(17,18)19,22-7-10-2-3-10)12-6-11(16)4-5-13(12)21-9/h4-6,10H,2-3,7-8H2,1H3,(H,20,21). The lowest BCUT2D eigenvalue weighted by Crippen LogP contribution is -2.48. The fraction of sp³-hybridized carbons (Fsp3) is 0.533. The van der Waals surface area contributed by atoms with Crippen molar-refractivity contribution in [1.82, 2.24) is 0 Å². The smallest absolute Gasteiger partial charge is 0.359 e. The van der Waals surface area contributed by atoms with Crippen molar-refractivity contribution in [3.8, 4) is 0 Å². The van der Waals surface area contributed by atoms with Crippen LogP contribution in [0.4, 0.5) is 18.9 Å². The Morgan fingerprint density at radius 2 is 2.14 bits per heavy atom. The first-order chi connectivity index (χ1) is 10.3. The van der Waals surface area contributed by atoms with E-state index in [1.54, 1.807) is 13.0 Å². The van der Waals surface area contributed by atoms with Crippen LogP contribution in [0.25, 0.3) is 0 Å². The second kappa shape index (κ2) is 5.42. The molecule has 0 amide bonds. The first kappa shape index (κ1) is 15.6. The van der Waals surface area contributed by atoms with Crippen LogP contribution in [0.15, 0.2) is 23.2 Å².